The minimum atomic E-state index is -3.50. The van der Waals surface area contributed by atoms with E-state index in [1.54, 1.807) is 93.1 Å². The van der Waals surface area contributed by atoms with Crippen molar-refractivity contribution in [2.24, 2.45) is 0 Å². The summed E-state index contributed by atoms with van der Waals surface area (Å²) >= 11 is 3.51. The van der Waals surface area contributed by atoms with Gasteiger partial charge in [0.1, 0.15) is 102 Å². The summed E-state index contributed by atoms with van der Waals surface area (Å²) in [6, 6.07) is 17.4. The average molecular weight is 1820 g/mol. The molecule has 0 saturated carbocycles. The van der Waals surface area contributed by atoms with Crippen LogP contribution in [0.2, 0.25) is 0 Å². The highest BCUT2D eigenvalue weighted by Gasteiger charge is 2.46. The minimum Gasteiger partial charge on any atom is -0.496 e. The van der Waals surface area contributed by atoms with Gasteiger partial charge in [0.2, 0.25) is 55.8 Å². The number of benzene rings is 3. The number of nitrogens with zero attached hydrogens (tertiary/aromatic N) is 12. The molecular weight excluding hydrogens is 1720 g/mol. The van der Waals surface area contributed by atoms with Gasteiger partial charge in [0.05, 0.1) is 115 Å². The highest BCUT2D eigenvalue weighted by atomic mass is 32.2. The molecule has 0 spiro atoms. The van der Waals surface area contributed by atoms with Crippen molar-refractivity contribution in [1.29, 1.82) is 0 Å². The summed E-state index contributed by atoms with van der Waals surface area (Å²) in [5.74, 6) is -2.80. The minimum absolute atomic E-state index is 0.0865. The number of piperidine rings is 3. The molecule has 5 atom stereocenters. The van der Waals surface area contributed by atoms with Crippen molar-refractivity contribution < 1.29 is 89.4 Å². The number of methoxy groups -OCH3 is 3. The van der Waals surface area contributed by atoms with Crippen LogP contribution in [0.25, 0.3) is 63.0 Å². The van der Waals surface area contributed by atoms with Crippen molar-refractivity contribution in [1.82, 2.24) is 58.4 Å². The zero-order chi connectivity index (χ0) is 90.6. The zero-order valence-electron chi connectivity index (χ0n) is 72.3. The van der Waals surface area contributed by atoms with Crippen LogP contribution in [0.5, 0.6) is 17.2 Å². The number of fused-ring (bicyclic) bond motifs is 3. The number of amides is 2. The molecule has 38 heteroatoms. The molecule has 15 rings (SSSR count). The summed E-state index contributed by atoms with van der Waals surface area (Å²) in [6.07, 6.45) is 7.09. The summed E-state index contributed by atoms with van der Waals surface area (Å²) in [5, 5.41) is 49.9. The number of hydrogen-bond donors (Lipinski definition) is 3. The quantitative estimate of drug-likeness (QED) is 0.0352. The lowest BCUT2D eigenvalue weighted by Crippen LogP contribution is -2.42. The van der Waals surface area contributed by atoms with Gasteiger partial charge in [-0.2, -0.15) is 15.3 Å². The number of carboxylic acids is 3. The molecule has 12 aromatic rings. The van der Waals surface area contributed by atoms with E-state index in [1.807, 2.05) is 12.1 Å². The Labute approximate surface area is 740 Å². The average Bonchev–Trinajstić information content (AvgIpc) is 1.63. The van der Waals surface area contributed by atoms with Gasteiger partial charge in [0, 0.05) is 69.8 Å². The molecule has 2 amide bonds. The van der Waals surface area contributed by atoms with Crippen molar-refractivity contribution in [3.8, 4) is 49.6 Å². The number of carboxylic acid groups (broad SMARTS) is 3. The molecule has 127 heavy (non-hydrogen) atoms. The first-order chi connectivity index (χ1) is 60.5. The molecule has 34 nitrogen and oxygen atoms in total. The number of thiophene rings is 3. The van der Waals surface area contributed by atoms with Crippen LogP contribution in [0.1, 0.15) is 160 Å². The number of ether oxygens (including phenoxy) is 6. The highest BCUT2D eigenvalue weighted by molar-refractivity contribution is 7.88. The number of sulfonamides is 1. The van der Waals surface area contributed by atoms with Crippen molar-refractivity contribution in [3.05, 3.63) is 190 Å². The Kier molecular flexibility index (Phi) is 25.7. The van der Waals surface area contributed by atoms with E-state index in [0.717, 1.165) is 11.3 Å². The first-order valence-corrected chi connectivity index (χ1v) is 45.8. The fourth-order valence-corrected chi connectivity index (χ4v) is 21.8. The van der Waals surface area contributed by atoms with Gasteiger partial charge in [-0.25, -0.2) is 27.7 Å². The molecular formula is C89H98N12O22S4. The van der Waals surface area contributed by atoms with Gasteiger partial charge in [-0.1, -0.05) is 42.5 Å². The number of oxazole rings is 3. The molecule has 3 aromatic carbocycles. The molecule has 3 N–H and O–H groups in total. The monoisotopic (exact) mass is 1810 g/mol. The van der Waals surface area contributed by atoms with Gasteiger partial charge >= 0.3 is 17.9 Å². The Morgan fingerprint density at radius 1 is 0.480 bits per heavy atom. The Hall–Kier alpha value is -11.7. The first-order valence-electron chi connectivity index (χ1n) is 41.5. The second-order valence-corrected chi connectivity index (χ2v) is 38.4. The van der Waals surface area contributed by atoms with Gasteiger partial charge < -0.3 is 66.8 Å². The fourth-order valence-electron chi connectivity index (χ4n) is 17.3. The third-order valence-corrected chi connectivity index (χ3v) is 29.9. The van der Waals surface area contributed by atoms with Gasteiger partial charge in [0.15, 0.2) is 0 Å². The Bertz CT molecular complexity index is 6510. The Balaban J connectivity index is 0.817. The largest absolute Gasteiger partial charge is 0.496 e. The van der Waals surface area contributed by atoms with Crippen LogP contribution in [-0.4, -0.2) is 197 Å². The van der Waals surface area contributed by atoms with E-state index in [1.165, 1.54) is 133 Å². The molecule has 3 aliphatic rings. The maximum Gasteiger partial charge on any atom is 0.316 e. The number of carbonyl (C=O) groups excluding carboxylic acids is 2. The van der Waals surface area contributed by atoms with Crippen molar-refractivity contribution in [3.63, 3.8) is 0 Å². The zero-order valence-corrected chi connectivity index (χ0v) is 75.6. The summed E-state index contributed by atoms with van der Waals surface area (Å²) in [7, 11) is 0.905. The van der Waals surface area contributed by atoms with Crippen LogP contribution in [0.3, 0.4) is 0 Å². The smallest absolute Gasteiger partial charge is 0.316 e. The van der Waals surface area contributed by atoms with Crippen LogP contribution < -0.4 is 30.5 Å². The summed E-state index contributed by atoms with van der Waals surface area (Å²) in [4.78, 5) is 133. The van der Waals surface area contributed by atoms with E-state index in [9.17, 15) is 52.5 Å². The van der Waals surface area contributed by atoms with Gasteiger partial charge in [-0.15, -0.1) is 34.0 Å². The molecule has 0 aliphatic carbocycles. The van der Waals surface area contributed by atoms with E-state index in [0.29, 0.717) is 144 Å². The normalized spacial score (nSPS) is 16.5. The molecule has 0 bridgehead atoms. The second-order valence-electron chi connectivity index (χ2n) is 33.4. The number of para-hydroxylation sites is 1. The van der Waals surface area contributed by atoms with Crippen molar-refractivity contribution in [2.75, 3.05) is 66.9 Å². The second kappa shape index (κ2) is 36.2. The number of likely N-dealkylation sites (tertiary alicyclic amines) is 2. The maximum atomic E-state index is 15.9. The van der Waals surface area contributed by atoms with Gasteiger partial charge in [-0.3, -0.25) is 52.4 Å². The summed E-state index contributed by atoms with van der Waals surface area (Å²) in [5.41, 5.74) is -5.32. The SMILES string of the molecule is COc1cc(CC(C)(C(=O)O)c2nn(C[C@@H](OC3CCN(C(C)=O)CC3)c3ccc(CC(C)(C(=O)O)c4nn(C[C@@H](OC5CCN(S(C)(=O)=O)CC5)c5ccccc5OC)c5sc(-c6ncco6)c(C)c5c4=O)cc3OC)c3sc(-c4ncco4)c(C)c3c2=O)ccc1[C@H](Cn1nc(C(C)(C)C(=O)O)c(=O)c2c(C)c(-c3ncco3)sc21)OC1CCN(C(C)=O)CC1. The summed E-state index contributed by atoms with van der Waals surface area (Å²) < 4.78 is 88.7. The van der Waals surface area contributed by atoms with Gasteiger partial charge in [0.25, 0.3) is 0 Å². The van der Waals surface area contributed by atoms with Crippen LogP contribution in [0, 0.1) is 20.8 Å². The molecule has 3 fully saturated rings. The van der Waals surface area contributed by atoms with Crippen molar-refractivity contribution >= 4 is 104 Å². The Morgan fingerprint density at radius 2 is 0.811 bits per heavy atom. The number of rotatable bonds is 32. The van der Waals surface area contributed by atoms with E-state index in [4.69, 9.17) is 57.0 Å². The topological polar surface area (TPSA) is 428 Å². The third kappa shape index (κ3) is 17.6. The van der Waals surface area contributed by atoms with E-state index in [-0.39, 0.29) is 120 Å². The van der Waals surface area contributed by atoms with E-state index < -0.39 is 97.1 Å². The van der Waals surface area contributed by atoms with Crippen LogP contribution in [-0.2, 0) is 96.9 Å². The lowest BCUT2D eigenvalue weighted by molar-refractivity contribution is -0.144. The number of aliphatic carboxylic acids is 3. The molecule has 670 valence electrons. The van der Waals surface area contributed by atoms with Crippen LogP contribution >= 0.6 is 34.0 Å². The molecule has 3 saturated heterocycles. The first kappa shape index (κ1) is 90.1. The number of hydrogen-bond acceptors (Lipinski definition) is 28. The number of aryl methyl sites for hydroxylation is 3. The lowest BCUT2D eigenvalue weighted by atomic mass is 9.79. The predicted octanol–water partition coefficient (Wildman–Crippen LogP) is 12.2. The highest BCUT2D eigenvalue weighted by Crippen LogP contribution is 2.46. The molecule has 12 heterocycles. The standard InChI is InChI=1S/C89H98N12O22S4/c1-47-66-69(104)75(87(6,7)84(107)108)93-99(81(66)124-72(47)78-90-28-37-118-78)45-64(121-54-22-31-96(32-23-54)50(4)102)58-20-18-52(40-61(58)116-11)43-89(9,86(111)112)77-71(106)68-49(3)74(80-92-30-39-120-80)126-83(68)101(95-77)46-65(122-55-24-33-97(34-25-55)51(5)103)59-21-19-53(41-62(59)117-12)42-88(8,85(109)110)76-70(105)67-48(2)73(79-91-29-38-119-79)125-82(67)100(94-76)44-63(57-16-14-15-17-60(57)115-10)123-56-26-35-98(36-27-56)127(13,113)114/h14-21,28-30,37-41,54-56,63-65H,22-27,31-36,42-46H2,1-13H3,(H,107,108)(H,109,110)(H,111,112)/t63-,64+,65-,88?,89?/m1/s1. The molecule has 2 unspecified atom stereocenters. The molecule has 3 aliphatic heterocycles. The molecule has 0 radical (unpaired) electrons. The number of aromatic nitrogens is 9. The van der Waals surface area contributed by atoms with Crippen LogP contribution in [0.15, 0.2) is 126 Å². The van der Waals surface area contributed by atoms with E-state index in [2.05, 4.69) is 15.0 Å². The van der Waals surface area contributed by atoms with Crippen LogP contribution in [0.4, 0.5) is 0 Å². The van der Waals surface area contributed by atoms with Crippen molar-refractivity contribution in [2.45, 2.75) is 186 Å². The third-order valence-electron chi connectivity index (χ3n) is 24.7. The Morgan fingerprint density at radius 3 is 1.13 bits per heavy atom. The van der Waals surface area contributed by atoms with Gasteiger partial charge in [-0.05, 0) is 146 Å². The fraction of sp³-hybridized carbons (Fsp3) is 0.438. The molecule has 9 aromatic heterocycles. The predicted molar refractivity (Wildman–Crippen MR) is 471 cm³/mol. The summed E-state index contributed by atoms with van der Waals surface area (Å²) in [6.45, 7) is 15.3. The number of carbonyl (C=O) groups is 5. The lowest BCUT2D eigenvalue weighted by Gasteiger charge is -2.34. The maximum absolute atomic E-state index is 15.9. The van der Waals surface area contributed by atoms with E-state index >= 15 is 9.59 Å².